The summed E-state index contributed by atoms with van der Waals surface area (Å²) in [5.41, 5.74) is 10.0. The standard InChI is InChI=1S/C22H29N5O/c1-16-3-2-4-19(13-16)22(28)24-15-17-7-11-27(12-8-17)21-14-20(25-26-21)18-5-9-23-10-6-18/h2-6,9-10,13,17,20-21,25-26H,7-8,11-12,14-15H2,1H3,(H,24,28). The smallest absolute Gasteiger partial charge is 0.251 e. The number of hydrogen-bond donors (Lipinski definition) is 3. The highest BCUT2D eigenvalue weighted by Gasteiger charge is 2.31. The van der Waals surface area contributed by atoms with Gasteiger partial charge in [-0.3, -0.25) is 14.7 Å². The first-order chi connectivity index (χ1) is 13.7. The third-order valence-electron chi connectivity index (χ3n) is 5.91. The van der Waals surface area contributed by atoms with Crippen molar-refractivity contribution in [3.8, 4) is 0 Å². The number of amides is 1. The first-order valence-corrected chi connectivity index (χ1v) is 10.2. The molecule has 0 aliphatic carbocycles. The van der Waals surface area contributed by atoms with Gasteiger partial charge in [-0.1, -0.05) is 17.7 Å². The van der Waals surface area contributed by atoms with Crippen LogP contribution in [0.3, 0.4) is 0 Å². The summed E-state index contributed by atoms with van der Waals surface area (Å²) in [4.78, 5) is 19.0. The molecule has 2 aliphatic rings. The average Bonchev–Trinajstić information content (AvgIpc) is 3.23. The Bertz CT molecular complexity index is 789. The first-order valence-electron chi connectivity index (χ1n) is 10.2. The van der Waals surface area contributed by atoms with E-state index in [1.54, 1.807) is 0 Å². The second kappa shape index (κ2) is 8.82. The van der Waals surface area contributed by atoms with E-state index in [1.165, 1.54) is 5.56 Å². The van der Waals surface area contributed by atoms with Crippen molar-refractivity contribution in [3.63, 3.8) is 0 Å². The first kappa shape index (κ1) is 19.1. The lowest BCUT2D eigenvalue weighted by Crippen LogP contribution is -2.49. The number of likely N-dealkylation sites (tertiary alicyclic amines) is 1. The van der Waals surface area contributed by atoms with Crippen LogP contribution in [0.5, 0.6) is 0 Å². The molecule has 0 saturated carbocycles. The average molecular weight is 380 g/mol. The van der Waals surface area contributed by atoms with Crippen molar-refractivity contribution in [1.82, 2.24) is 26.1 Å². The van der Waals surface area contributed by atoms with Gasteiger partial charge >= 0.3 is 0 Å². The van der Waals surface area contributed by atoms with Gasteiger partial charge in [0.15, 0.2) is 0 Å². The lowest BCUT2D eigenvalue weighted by Gasteiger charge is -2.35. The van der Waals surface area contributed by atoms with Crippen LogP contribution < -0.4 is 16.2 Å². The van der Waals surface area contributed by atoms with Gasteiger partial charge in [-0.05, 0) is 75.0 Å². The molecular weight excluding hydrogens is 350 g/mol. The molecule has 0 radical (unpaired) electrons. The van der Waals surface area contributed by atoms with E-state index in [4.69, 9.17) is 0 Å². The largest absolute Gasteiger partial charge is 0.352 e. The maximum atomic E-state index is 12.3. The van der Waals surface area contributed by atoms with Crippen LogP contribution in [-0.2, 0) is 0 Å². The predicted octanol–water partition coefficient (Wildman–Crippen LogP) is 2.40. The molecule has 2 aromatic rings. The SMILES string of the molecule is Cc1cccc(C(=O)NCC2CCN(C3CC(c4ccncc4)NN3)CC2)c1. The van der Waals surface area contributed by atoms with Crippen molar-refractivity contribution in [3.05, 3.63) is 65.5 Å². The second-order valence-corrected chi connectivity index (χ2v) is 7.93. The minimum absolute atomic E-state index is 0.0352. The molecule has 4 rings (SSSR count). The zero-order valence-corrected chi connectivity index (χ0v) is 16.4. The Morgan fingerprint density at radius 3 is 2.71 bits per heavy atom. The monoisotopic (exact) mass is 379 g/mol. The summed E-state index contributed by atoms with van der Waals surface area (Å²) in [5.74, 6) is 0.586. The molecule has 2 atom stereocenters. The van der Waals surface area contributed by atoms with E-state index < -0.39 is 0 Å². The third kappa shape index (κ3) is 4.58. The van der Waals surface area contributed by atoms with Crippen molar-refractivity contribution >= 4 is 5.91 Å². The highest BCUT2D eigenvalue weighted by atomic mass is 16.1. The number of hydrogen-bond acceptors (Lipinski definition) is 5. The number of hydrazine groups is 1. The molecule has 1 amide bonds. The normalized spacial score (nSPS) is 23.6. The fourth-order valence-corrected chi connectivity index (χ4v) is 4.19. The maximum absolute atomic E-state index is 12.3. The second-order valence-electron chi connectivity index (χ2n) is 7.93. The molecule has 2 fully saturated rings. The molecule has 2 aliphatic heterocycles. The molecule has 6 nitrogen and oxygen atoms in total. The summed E-state index contributed by atoms with van der Waals surface area (Å²) in [7, 11) is 0. The van der Waals surface area contributed by atoms with Crippen LogP contribution >= 0.6 is 0 Å². The number of benzene rings is 1. The van der Waals surface area contributed by atoms with E-state index in [0.29, 0.717) is 18.1 Å². The fourth-order valence-electron chi connectivity index (χ4n) is 4.19. The van der Waals surface area contributed by atoms with E-state index in [9.17, 15) is 4.79 Å². The number of piperidine rings is 1. The number of carbonyl (C=O) groups is 1. The van der Waals surface area contributed by atoms with Gasteiger partial charge < -0.3 is 5.32 Å². The summed E-state index contributed by atoms with van der Waals surface area (Å²) in [5, 5.41) is 3.12. The zero-order chi connectivity index (χ0) is 19.3. The number of carbonyl (C=O) groups excluding carboxylic acids is 1. The number of aryl methyl sites for hydroxylation is 1. The van der Waals surface area contributed by atoms with Gasteiger partial charge in [0.1, 0.15) is 0 Å². The van der Waals surface area contributed by atoms with Gasteiger partial charge in [-0.2, -0.15) is 0 Å². The Hall–Kier alpha value is -2.28. The summed E-state index contributed by atoms with van der Waals surface area (Å²) in [6.07, 6.45) is 7.35. The number of rotatable bonds is 5. The highest BCUT2D eigenvalue weighted by Crippen LogP contribution is 2.26. The van der Waals surface area contributed by atoms with E-state index in [2.05, 4.69) is 38.2 Å². The highest BCUT2D eigenvalue weighted by molar-refractivity contribution is 5.94. The minimum atomic E-state index is 0.0352. The molecule has 1 aromatic heterocycles. The molecule has 1 aromatic carbocycles. The zero-order valence-electron chi connectivity index (χ0n) is 16.4. The van der Waals surface area contributed by atoms with Crippen LogP contribution in [0.1, 0.15) is 46.8 Å². The van der Waals surface area contributed by atoms with Crippen LogP contribution in [0.4, 0.5) is 0 Å². The van der Waals surface area contributed by atoms with Crippen LogP contribution in [0, 0.1) is 12.8 Å². The Morgan fingerprint density at radius 1 is 1.18 bits per heavy atom. The van der Waals surface area contributed by atoms with Crippen molar-refractivity contribution in [2.24, 2.45) is 5.92 Å². The Labute approximate surface area is 166 Å². The van der Waals surface area contributed by atoms with E-state index in [-0.39, 0.29) is 5.91 Å². The molecule has 2 saturated heterocycles. The predicted molar refractivity (Wildman–Crippen MR) is 109 cm³/mol. The number of pyridine rings is 1. The summed E-state index contributed by atoms with van der Waals surface area (Å²) in [6.45, 7) is 4.90. The van der Waals surface area contributed by atoms with Gasteiger partial charge in [0.05, 0.1) is 6.17 Å². The lowest BCUT2D eigenvalue weighted by molar-refractivity contribution is 0.0914. The van der Waals surface area contributed by atoms with Gasteiger partial charge in [0.2, 0.25) is 0 Å². The molecular formula is C22H29N5O. The van der Waals surface area contributed by atoms with E-state index >= 15 is 0 Å². The van der Waals surface area contributed by atoms with Gasteiger partial charge in [-0.25, -0.2) is 10.9 Å². The Balaban J connectivity index is 1.21. The van der Waals surface area contributed by atoms with Crippen LogP contribution in [-0.4, -0.2) is 41.6 Å². The third-order valence-corrected chi connectivity index (χ3v) is 5.91. The molecule has 6 heteroatoms. The van der Waals surface area contributed by atoms with Gasteiger partial charge in [0, 0.05) is 30.5 Å². The number of nitrogens with one attached hydrogen (secondary N) is 3. The summed E-state index contributed by atoms with van der Waals surface area (Å²) < 4.78 is 0. The van der Waals surface area contributed by atoms with E-state index in [0.717, 1.165) is 50.0 Å². The Morgan fingerprint density at radius 2 is 1.96 bits per heavy atom. The van der Waals surface area contributed by atoms with Gasteiger partial charge in [-0.15, -0.1) is 0 Å². The molecule has 148 valence electrons. The molecule has 2 unspecified atom stereocenters. The van der Waals surface area contributed by atoms with Crippen LogP contribution in [0.2, 0.25) is 0 Å². The topological polar surface area (TPSA) is 69.3 Å². The molecule has 3 N–H and O–H groups in total. The fraction of sp³-hybridized carbons (Fsp3) is 0.455. The van der Waals surface area contributed by atoms with Crippen molar-refractivity contribution in [1.29, 1.82) is 0 Å². The van der Waals surface area contributed by atoms with Crippen LogP contribution in [0.15, 0.2) is 48.8 Å². The Kier molecular flexibility index (Phi) is 6.00. The number of aromatic nitrogens is 1. The number of nitrogens with zero attached hydrogens (tertiary/aromatic N) is 2. The van der Waals surface area contributed by atoms with Crippen LogP contribution in [0.25, 0.3) is 0 Å². The van der Waals surface area contributed by atoms with Crippen molar-refractivity contribution < 1.29 is 4.79 Å². The maximum Gasteiger partial charge on any atom is 0.251 e. The summed E-state index contributed by atoms with van der Waals surface area (Å²) >= 11 is 0. The van der Waals surface area contributed by atoms with Gasteiger partial charge in [0.25, 0.3) is 5.91 Å². The molecule has 3 heterocycles. The van der Waals surface area contributed by atoms with E-state index in [1.807, 2.05) is 43.6 Å². The molecule has 28 heavy (non-hydrogen) atoms. The van der Waals surface area contributed by atoms with Crippen molar-refractivity contribution in [2.75, 3.05) is 19.6 Å². The minimum Gasteiger partial charge on any atom is -0.352 e. The summed E-state index contributed by atoms with van der Waals surface area (Å²) in [6, 6.07) is 12.2. The lowest BCUT2D eigenvalue weighted by atomic mass is 9.95. The quantitative estimate of drug-likeness (QED) is 0.744. The van der Waals surface area contributed by atoms with Crippen molar-refractivity contribution in [2.45, 2.75) is 38.4 Å². The molecule has 0 bridgehead atoms. The molecule has 0 spiro atoms.